The van der Waals surface area contributed by atoms with E-state index in [9.17, 15) is 0 Å². The Bertz CT molecular complexity index is 3430. The fourth-order valence-electron chi connectivity index (χ4n) is 10.3. The maximum Gasteiger partial charge on any atom is 0.0713 e. The second-order valence-corrected chi connectivity index (χ2v) is 16.4. The maximum absolute atomic E-state index is 2.45. The highest BCUT2D eigenvalue weighted by molar-refractivity contribution is 6.12. The van der Waals surface area contributed by atoms with E-state index in [2.05, 4.69) is 254 Å². The van der Waals surface area contributed by atoms with Crippen LogP contribution in [0.25, 0.3) is 65.7 Å². The molecule has 1 aliphatic carbocycles. The molecule has 0 saturated carbocycles. The van der Waals surface area contributed by atoms with Crippen molar-refractivity contribution in [2.75, 3.05) is 4.90 Å². The van der Waals surface area contributed by atoms with E-state index in [1.54, 1.807) is 0 Å². The van der Waals surface area contributed by atoms with Crippen molar-refractivity contribution in [1.82, 2.24) is 0 Å². The molecule has 0 amide bonds. The summed E-state index contributed by atoms with van der Waals surface area (Å²) in [6, 6.07) is 91.7. The highest BCUT2D eigenvalue weighted by Crippen LogP contribution is 2.57. The summed E-state index contributed by atoms with van der Waals surface area (Å²) in [7, 11) is 0. The third-order valence-corrected chi connectivity index (χ3v) is 13.1. The number of fused-ring (bicyclic) bond motifs is 7. The highest BCUT2D eigenvalue weighted by Gasteiger charge is 2.46. The zero-order valence-electron chi connectivity index (χ0n) is 34.1. The molecule has 11 aromatic rings. The molecule has 1 nitrogen and oxygen atoms in total. The summed E-state index contributed by atoms with van der Waals surface area (Å²) in [5.41, 5.74) is 15.2. The smallest absolute Gasteiger partial charge is 0.0713 e. The van der Waals surface area contributed by atoms with Crippen LogP contribution in [0.3, 0.4) is 0 Å². The Morgan fingerprint density at radius 1 is 0.258 bits per heavy atom. The van der Waals surface area contributed by atoms with Gasteiger partial charge in [-0.15, -0.1) is 0 Å². The summed E-state index contributed by atoms with van der Waals surface area (Å²) in [4.78, 5) is 2.45. The van der Waals surface area contributed by atoms with Crippen LogP contribution in [0, 0.1) is 0 Å². The molecule has 0 spiro atoms. The van der Waals surface area contributed by atoms with Gasteiger partial charge in [0.1, 0.15) is 0 Å². The molecule has 0 unspecified atom stereocenters. The van der Waals surface area contributed by atoms with E-state index < -0.39 is 5.41 Å². The maximum atomic E-state index is 2.45. The van der Waals surface area contributed by atoms with Gasteiger partial charge in [0.25, 0.3) is 0 Å². The van der Waals surface area contributed by atoms with Crippen LogP contribution in [0.4, 0.5) is 17.1 Å². The first-order valence-corrected chi connectivity index (χ1v) is 21.5. The van der Waals surface area contributed by atoms with E-state index in [0.717, 1.165) is 17.1 Å². The molecule has 0 saturated heterocycles. The zero-order valence-corrected chi connectivity index (χ0v) is 34.1. The minimum Gasteiger partial charge on any atom is -0.310 e. The Labute approximate surface area is 362 Å². The van der Waals surface area contributed by atoms with Gasteiger partial charge in [-0.05, 0) is 130 Å². The van der Waals surface area contributed by atoms with Crippen molar-refractivity contribution in [1.29, 1.82) is 0 Å². The van der Waals surface area contributed by atoms with Crippen LogP contribution in [-0.2, 0) is 5.41 Å². The van der Waals surface area contributed by atoms with Gasteiger partial charge in [-0.2, -0.15) is 0 Å². The standard InChI is InChI=1S/C61H41N/c1-3-21-48(22-4-1)61(49-23-5-2-6-24-49)59-31-12-11-28-57(59)58-41-52(35-37-60(58)61)62(50-25-13-19-45(39-50)46-33-32-42-16-7-8-18-44(42)38-46)51-26-14-20-47(40-51)54-29-15-30-55-53-27-10-9-17-43(53)34-36-56(54)55/h1-41H. The van der Waals surface area contributed by atoms with E-state index in [1.807, 2.05) is 0 Å². The average Bonchev–Trinajstić information content (AvgIpc) is 3.65. The minimum atomic E-state index is -0.466. The van der Waals surface area contributed by atoms with E-state index in [1.165, 1.54) is 88.0 Å². The van der Waals surface area contributed by atoms with Gasteiger partial charge in [0.15, 0.2) is 0 Å². The largest absolute Gasteiger partial charge is 0.310 e. The number of benzene rings is 11. The lowest BCUT2D eigenvalue weighted by Crippen LogP contribution is -2.28. The van der Waals surface area contributed by atoms with Crippen molar-refractivity contribution in [2.24, 2.45) is 0 Å². The van der Waals surface area contributed by atoms with Gasteiger partial charge < -0.3 is 4.90 Å². The molecule has 0 N–H and O–H groups in total. The van der Waals surface area contributed by atoms with Gasteiger partial charge in [0.05, 0.1) is 5.41 Å². The van der Waals surface area contributed by atoms with Crippen LogP contribution in [0.15, 0.2) is 249 Å². The quantitative estimate of drug-likeness (QED) is 0.145. The Hall–Kier alpha value is -8.00. The monoisotopic (exact) mass is 787 g/mol. The summed E-state index contributed by atoms with van der Waals surface area (Å²) < 4.78 is 0. The van der Waals surface area contributed by atoms with Crippen LogP contribution >= 0.6 is 0 Å². The second kappa shape index (κ2) is 14.6. The lowest BCUT2D eigenvalue weighted by molar-refractivity contribution is 0.768. The van der Waals surface area contributed by atoms with Gasteiger partial charge >= 0.3 is 0 Å². The Morgan fingerprint density at radius 3 is 1.60 bits per heavy atom. The molecule has 0 heterocycles. The summed E-state index contributed by atoms with van der Waals surface area (Å²) >= 11 is 0. The van der Waals surface area contributed by atoms with Crippen molar-refractivity contribution >= 4 is 49.4 Å². The Kier molecular flexibility index (Phi) is 8.47. The fourth-order valence-corrected chi connectivity index (χ4v) is 10.3. The minimum absolute atomic E-state index is 0.466. The summed E-state index contributed by atoms with van der Waals surface area (Å²) in [5.74, 6) is 0. The molecule has 0 radical (unpaired) electrons. The lowest BCUT2D eigenvalue weighted by atomic mass is 9.68. The molecule has 11 aromatic carbocycles. The van der Waals surface area contributed by atoms with Gasteiger partial charge in [-0.3, -0.25) is 0 Å². The molecule has 12 rings (SSSR count). The van der Waals surface area contributed by atoms with Gasteiger partial charge in [0.2, 0.25) is 0 Å². The Morgan fingerprint density at radius 2 is 0.806 bits per heavy atom. The number of rotatable bonds is 7. The average molecular weight is 788 g/mol. The second-order valence-electron chi connectivity index (χ2n) is 16.4. The number of hydrogen-bond acceptors (Lipinski definition) is 1. The van der Waals surface area contributed by atoms with Crippen LogP contribution in [0.2, 0.25) is 0 Å². The van der Waals surface area contributed by atoms with Gasteiger partial charge in [-0.25, -0.2) is 0 Å². The molecule has 0 fully saturated rings. The van der Waals surface area contributed by atoms with E-state index in [4.69, 9.17) is 0 Å². The van der Waals surface area contributed by atoms with E-state index in [0.29, 0.717) is 0 Å². The van der Waals surface area contributed by atoms with Crippen LogP contribution in [0.1, 0.15) is 22.3 Å². The molecule has 290 valence electrons. The van der Waals surface area contributed by atoms with Gasteiger partial charge in [-0.1, -0.05) is 206 Å². The predicted molar refractivity (Wildman–Crippen MR) is 262 cm³/mol. The first-order valence-electron chi connectivity index (χ1n) is 21.5. The topological polar surface area (TPSA) is 3.24 Å². The zero-order chi connectivity index (χ0) is 41.0. The molecular formula is C61H41N. The number of anilines is 3. The molecule has 1 aliphatic rings. The predicted octanol–water partition coefficient (Wildman–Crippen LogP) is 16.3. The molecule has 0 bridgehead atoms. The van der Waals surface area contributed by atoms with E-state index >= 15 is 0 Å². The SMILES string of the molecule is c1ccc(C2(c3ccccc3)c3ccccc3-c3cc(N(c4cccc(-c5ccc6ccccc6c5)c4)c4cccc(-c5cccc6c5ccc5ccccc56)c4)ccc32)cc1. The van der Waals surface area contributed by atoms with Crippen LogP contribution in [-0.4, -0.2) is 0 Å². The lowest BCUT2D eigenvalue weighted by Gasteiger charge is -2.34. The molecule has 0 aliphatic heterocycles. The van der Waals surface area contributed by atoms with Crippen molar-refractivity contribution < 1.29 is 0 Å². The third kappa shape index (κ3) is 5.70. The Balaban J connectivity index is 1.07. The van der Waals surface area contributed by atoms with Crippen molar-refractivity contribution in [3.8, 4) is 33.4 Å². The molecule has 0 aromatic heterocycles. The number of hydrogen-bond donors (Lipinski definition) is 0. The highest BCUT2D eigenvalue weighted by atomic mass is 15.1. The summed E-state index contributed by atoms with van der Waals surface area (Å²) in [6.07, 6.45) is 0. The molecule has 62 heavy (non-hydrogen) atoms. The van der Waals surface area contributed by atoms with Crippen molar-refractivity contribution in [3.63, 3.8) is 0 Å². The molecule has 1 heteroatoms. The summed E-state index contributed by atoms with van der Waals surface area (Å²) in [5, 5.41) is 7.53. The summed E-state index contributed by atoms with van der Waals surface area (Å²) in [6.45, 7) is 0. The first-order chi connectivity index (χ1) is 30.7. The van der Waals surface area contributed by atoms with Crippen LogP contribution in [0.5, 0.6) is 0 Å². The number of nitrogens with zero attached hydrogens (tertiary/aromatic N) is 1. The fraction of sp³-hybridized carbons (Fsp3) is 0.0164. The van der Waals surface area contributed by atoms with Gasteiger partial charge in [0, 0.05) is 17.1 Å². The van der Waals surface area contributed by atoms with E-state index in [-0.39, 0.29) is 0 Å². The van der Waals surface area contributed by atoms with Crippen molar-refractivity contribution in [3.05, 3.63) is 271 Å². The van der Waals surface area contributed by atoms with Crippen molar-refractivity contribution in [2.45, 2.75) is 5.41 Å². The molecule has 0 atom stereocenters. The normalized spacial score (nSPS) is 12.6. The third-order valence-electron chi connectivity index (χ3n) is 13.1. The molecular weight excluding hydrogens is 747 g/mol. The van der Waals surface area contributed by atoms with Crippen LogP contribution < -0.4 is 4.90 Å². The first kappa shape index (κ1) is 35.9.